The molecule has 0 fully saturated rings. The number of para-hydroxylation sites is 1. The number of hydrogen-bond donors (Lipinski definition) is 5. The van der Waals surface area contributed by atoms with Gasteiger partial charge in [0.25, 0.3) is 5.91 Å². The summed E-state index contributed by atoms with van der Waals surface area (Å²) < 4.78 is 43.5. The highest BCUT2D eigenvalue weighted by atomic mass is 35.5. The van der Waals surface area contributed by atoms with Crippen molar-refractivity contribution in [3.05, 3.63) is 101 Å². The number of carboxylic acid groups (broad SMARTS) is 2. The number of amides is 1. The molecule has 14 heteroatoms. The summed E-state index contributed by atoms with van der Waals surface area (Å²) in [6.07, 6.45) is -9.07. The van der Waals surface area contributed by atoms with Crippen molar-refractivity contribution < 1.29 is 48.0 Å². The molecule has 1 heterocycles. The van der Waals surface area contributed by atoms with Crippen LogP contribution in [0.3, 0.4) is 0 Å². The second-order valence-corrected chi connectivity index (χ2v) is 10.6. The highest BCUT2D eigenvalue weighted by molar-refractivity contribution is 6.30. The Kier molecular flexibility index (Phi) is 12.1. The van der Waals surface area contributed by atoms with Gasteiger partial charge in [-0.15, -0.1) is 0 Å². The maximum absolute atomic E-state index is 14.0. The molecule has 0 saturated heterocycles. The van der Waals surface area contributed by atoms with E-state index in [-0.39, 0.29) is 11.6 Å². The molecule has 3 aromatic carbocycles. The van der Waals surface area contributed by atoms with E-state index in [0.717, 1.165) is 11.6 Å². The van der Waals surface area contributed by atoms with E-state index in [1.54, 1.807) is 71.3 Å². The Morgan fingerprint density at radius 1 is 0.804 bits per heavy atom. The third-order valence-electron chi connectivity index (χ3n) is 6.56. The van der Waals surface area contributed by atoms with Crippen LogP contribution in [0.25, 0.3) is 28.2 Å². The molecule has 2 unspecified atom stereocenters. The van der Waals surface area contributed by atoms with E-state index in [0.29, 0.717) is 40.6 Å². The summed E-state index contributed by atoms with van der Waals surface area (Å²) in [4.78, 5) is 34.0. The van der Waals surface area contributed by atoms with Gasteiger partial charge in [-0.3, -0.25) is 4.79 Å². The van der Waals surface area contributed by atoms with Crippen LogP contribution in [0.4, 0.5) is 13.2 Å². The minimum atomic E-state index is -4.54. The third kappa shape index (κ3) is 9.17. The van der Waals surface area contributed by atoms with Gasteiger partial charge in [0.15, 0.2) is 12.2 Å². The molecule has 1 amide bonds. The number of aliphatic hydroxyl groups excluding tert-OH is 2. The van der Waals surface area contributed by atoms with Crippen LogP contribution in [0.5, 0.6) is 0 Å². The van der Waals surface area contributed by atoms with E-state index >= 15 is 0 Å². The molecule has 0 radical (unpaired) electrons. The number of likely N-dealkylation sites (N-methyl/N-ethyl adjacent to an activating group) is 1. The van der Waals surface area contributed by atoms with Crippen LogP contribution in [0.2, 0.25) is 5.02 Å². The zero-order chi connectivity index (χ0) is 34.2. The maximum atomic E-state index is 14.0. The summed E-state index contributed by atoms with van der Waals surface area (Å²) in [5.74, 6) is -3.74. The lowest BCUT2D eigenvalue weighted by Crippen LogP contribution is -2.39. The van der Waals surface area contributed by atoms with E-state index in [9.17, 15) is 27.6 Å². The number of rotatable bonds is 10. The average molecular weight is 662 g/mol. The van der Waals surface area contributed by atoms with Gasteiger partial charge in [0.2, 0.25) is 0 Å². The number of carboxylic acids is 2. The van der Waals surface area contributed by atoms with Crippen molar-refractivity contribution in [2.45, 2.75) is 18.4 Å². The van der Waals surface area contributed by atoms with E-state index in [1.807, 2.05) is 19.0 Å². The number of carbonyl (C=O) groups excluding carboxylic acids is 1. The summed E-state index contributed by atoms with van der Waals surface area (Å²) in [6, 6.07) is 22.8. The largest absolute Gasteiger partial charge is 0.479 e. The maximum Gasteiger partial charge on any atom is 0.418 e. The highest BCUT2D eigenvalue weighted by Crippen LogP contribution is 2.39. The number of carbonyl (C=O) groups is 3. The van der Waals surface area contributed by atoms with Gasteiger partial charge in [0.05, 0.1) is 22.6 Å². The van der Waals surface area contributed by atoms with Gasteiger partial charge in [-0.2, -0.15) is 13.2 Å². The Morgan fingerprint density at radius 3 is 1.74 bits per heavy atom. The molecule has 1 aromatic heterocycles. The molecule has 2 atom stereocenters. The Balaban J connectivity index is 0.000000498. The Morgan fingerprint density at radius 2 is 1.28 bits per heavy atom. The second-order valence-electron chi connectivity index (χ2n) is 10.2. The molecule has 4 rings (SSSR count). The number of aliphatic carboxylic acids is 2. The van der Waals surface area contributed by atoms with Crippen molar-refractivity contribution >= 4 is 29.4 Å². The van der Waals surface area contributed by atoms with Crippen LogP contribution in [-0.2, 0) is 15.8 Å². The first-order chi connectivity index (χ1) is 21.6. The molecule has 0 aliphatic heterocycles. The summed E-state index contributed by atoms with van der Waals surface area (Å²) in [7, 11) is 3.84. The predicted octanol–water partition coefficient (Wildman–Crippen LogP) is 4.65. The topological polar surface area (TPSA) is 152 Å². The summed E-state index contributed by atoms with van der Waals surface area (Å²) in [6.45, 7) is 1.22. The first-order valence-electron chi connectivity index (χ1n) is 13.6. The van der Waals surface area contributed by atoms with Crippen molar-refractivity contribution in [2.24, 2.45) is 0 Å². The number of halogens is 4. The monoisotopic (exact) mass is 661 g/mol. The third-order valence-corrected chi connectivity index (χ3v) is 6.82. The van der Waals surface area contributed by atoms with Crippen LogP contribution < -0.4 is 5.32 Å². The fourth-order valence-electron chi connectivity index (χ4n) is 4.23. The molecule has 10 nitrogen and oxygen atoms in total. The van der Waals surface area contributed by atoms with Crippen molar-refractivity contribution in [1.29, 1.82) is 0 Å². The minimum Gasteiger partial charge on any atom is -0.479 e. The summed E-state index contributed by atoms with van der Waals surface area (Å²) in [5.41, 5.74) is 2.30. The fraction of sp³-hybridized carbons (Fsp3) is 0.219. The van der Waals surface area contributed by atoms with Crippen molar-refractivity contribution in [3.8, 4) is 28.2 Å². The molecule has 0 aliphatic carbocycles. The lowest BCUT2D eigenvalue weighted by Gasteiger charge is -2.19. The molecular weight excluding hydrogens is 631 g/mol. The molecule has 0 spiro atoms. The van der Waals surface area contributed by atoms with E-state index in [4.69, 9.17) is 32.0 Å². The normalized spacial score (nSPS) is 12.5. The molecular formula is C32H31ClF3N3O7. The van der Waals surface area contributed by atoms with Gasteiger partial charge in [-0.05, 0) is 73.8 Å². The number of aliphatic hydroxyl groups is 2. The van der Waals surface area contributed by atoms with Crippen LogP contribution in [0.15, 0.2) is 84.9 Å². The second kappa shape index (κ2) is 15.5. The number of aromatic nitrogens is 1. The Hall–Kier alpha value is -4.69. The fourth-order valence-corrected chi connectivity index (χ4v) is 4.36. The molecule has 244 valence electrons. The summed E-state index contributed by atoms with van der Waals surface area (Å²) in [5, 5.41) is 35.9. The zero-order valence-corrected chi connectivity index (χ0v) is 25.3. The lowest BCUT2D eigenvalue weighted by atomic mass is 10.1. The summed E-state index contributed by atoms with van der Waals surface area (Å²) >= 11 is 6.04. The van der Waals surface area contributed by atoms with Crippen molar-refractivity contribution in [3.63, 3.8) is 0 Å². The number of hydrogen-bond acceptors (Lipinski definition) is 6. The van der Waals surface area contributed by atoms with Crippen molar-refractivity contribution in [2.75, 3.05) is 27.2 Å². The van der Waals surface area contributed by atoms with Crippen LogP contribution in [0, 0.1) is 0 Å². The van der Waals surface area contributed by atoms with Crippen LogP contribution in [-0.4, -0.2) is 87.1 Å². The van der Waals surface area contributed by atoms with E-state index < -0.39 is 35.9 Å². The average Bonchev–Trinajstić information content (AvgIpc) is 3.45. The van der Waals surface area contributed by atoms with E-state index in [2.05, 4.69) is 5.32 Å². The van der Waals surface area contributed by atoms with E-state index in [1.165, 1.54) is 12.1 Å². The number of nitrogens with zero attached hydrogens (tertiary/aromatic N) is 2. The number of benzene rings is 3. The van der Waals surface area contributed by atoms with Crippen LogP contribution >= 0.6 is 11.6 Å². The zero-order valence-electron chi connectivity index (χ0n) is 24.6. The first kappa shape index (κ1) is 35.8. The van der Waals surface area contributed by atoms with Gasteiger partial charge in [0.1, 0.15) is 0 Å². The lowest BCUT2D eigenvalue weighted by molar-refractivity contribution is -0.165. The van der Waals surface area contributed by atoms with Gasteiger partial charge in [-0.25, -0.2) is 9.59 Å². The smallest absolute Gasteiger partial charge is 0.418 e. The standard InChI is InChI=1S/C28H25ClF3N3O.C4H6O6/c1-34(2)18-17-33-27(36)21-9-7-19(8-10-21)24-15-16-25(20-11-13-22(29)14-12-20)35(24)26-6-4-3-5-23(26)28(30,31)32;5-1(3(7)8)2(6)4(9)10/h3-16H,17-18H2,1-2H3,(H,33,36);1-2,5-6H,(H,7,8)(H,9,10). The molecule has 0 bridgehead atoms. The van der Waals surface area contributed by atoms with Gasteiger partial charge >= 0.3 is 18.1 Å². The van der Waals surface area contributed by atoms with Gasteiger partial charge in [0, 0.05) is 23.7 Å². The quantitative estimate of drug-likeness (QED) is 0.165. The van der Waals surface area contributed by atoms with Crippen molar-refractivity contribution in [1.82, 2.24) is 14.8 Å². The predicted molar refractivity (Wildman–Crippen MR) is 165 cm³/mol. The Bertz CT molecular complexity index is 1640. The molecule has 5 N–H and O–H groups in total. The molecule has 0 aliphatic rings. The van der Waals surface area contributed by atoms with Gasteiger partial charge in [-0.1, -0.05) is 48.0 Å². The van der Waals surface area contributed by atoms with Gasteiger partial charge < -0.3 is 35.2 Å². The number of nitrogens with one attached hydrogen (secondary N) is 1. The highest BCUT2D eigenvalue weighted by Gasteiger charge is 2.34. The number of alkyl halides is 3. The molecule has 0 saturated carbocycles. The minimum absolute atomic E-state index is 0.0143. The molecule has 4 aromatic rings. The first-order valence-corrected chi connectivity index (χ1v) is 14.0. The SMILES string of the molecule is CN(C)CCNC(=O)c1ccc(-c2ccc(-c3ccc(Cl)cc3)n2-c2ccccc2C(F)(F)F)cc1.O=C(O)C(O)C(O)C(=O)O. The van der Waals surface area contributed by atoms with Crippen LogP contribution in [0.1, 0.15) is 15.9 Å². The Labute approximate surface area is 266 Å². The molecule has 46 heavy (non-hydrogen) atoms.